The average Bonchev–Trinajstić information content (AvgIpc) is 3.16. The molecule has 7 nitrogen and oxygen atoms in total. The Hall–Kier alpha value is -3.16. The van der Waals surface area contributed by atoms with Crippen molar-refractivity contribution in [3.63, 3.8) is 0 Å². The van der Waals surface area contributed by atoms with Crippen LogP contribution in [-0.4, -0.2) is 72.6 Å². The lowest BCUT2D eigenvalue weighted by atomic mass is 9.95. The summed E-state index contributed by atoms with van der Waals surface area (Å²) in [5, 5.41) is 11.2. The second-order valence-electron chi connectivity index (χ2n) is 9.44. The highest BCUT2D eigenvalue weighted by Crippen LogP contribution is 2.39. The second kappa shape index (κ2) is 12.2. The lowest BCUT2D eigenvalue weighted by Crippen LogP contribution is -2.42. The zero-order valence-corrected chi connectivity index (χ0v) is 21.2. The lowest BCUT2D eigenvalue weighted by Gasteiger charge is -2.31. The second-order valence-corrected chi connectivity index (χ2v) is 9.44. The van der Waals surface area contributed by atoms with Crippen molar-refractivity contribution in [1.29, 1.82) is 0 Å². The van der Waals surface area contributed by atoms with E-state index in [9.17, 15) is 14.7 Å². The van der Waals surface area contributed by atoms with E-state index >= 15 is 0 Å². The lowest BCUT2D eigenvalue weighted by molar-refractivity contribution is -0.140. The van der Waals surface area contributed by atoms with Gasteiger partial charge in [-0.3, -0.25) is 14.5 Å². The van der Waals surface area contributed by atoms with E-state index in [1.165, 1.54) is 0 Å². The van der Waals surface area contributed by atoms with Crippen LogP contribution in [0.3, 0.4) is 0 Å². The van der Waals surface area contributed by atoms with Crippen molar-refractivity contribution in [2.24, 2.45) is 0 Å². The molecule has 36 heavy (non-hydrogen) atoms. The number of carbonyl (C=O) groups excluding carboxylic acids is 2. The number of morpholine rings is 1. The molecule has 2 aromatic rings. The van der Waals surface area contributed by atoms with E-state index in [-0.39, 0.29) is 11.3 Å². The minimum absolute atomic E-state index is 0.127. The summed E-state index contributed by atoms with van der Waals surface area (Å²) in [4.78, 5) is 30.3. The molecule has 2 aliphatic rings. The number of rotatable bonds is 10. The number of ether oxygens (including phenoxy) is 2. The van der Waals surface area contributed by atoms with Crippen molar-refractivity contribution in [1.82, 2.24) is 9.80 Å². The summed E-state index contributed by atoms with van der Waals surface area (Å²) in [6.07, 6.45) is 3.25. The highest BCUT2D eigenvalue weighted by Gasteiger charge is 2.46. The van der Waals surface area contributed by atoms with Gasteiger partial charge in [-0.25, -0.2) is 0 Å². The van der Waals surface area contributed by atoms with Crippen LogP contribution in [0, 0.1) is 6.92 Å². The standard InChI is InChI=1S/C29H36N2O5/c1-3-4-5-18-36-24-12-10-22(11-13-24)26-25(27(32)23-8-6-21(2)7-9-23)28(33)29(34)31(26)15-14-30-16-19-35-20-17-30/h6-13,26,32H,3-5,14-20H2,1-2H3/b27-25+. The van der Waals surface area contributed by atoms with Crippen molar-refractivity contribution in [2.45, 2.75) is 39.2 Å². The first-order valence-electron chi connectivity index (χ1n) is 12.9. The zero-order valence-electron chi connectivity index (χ0n) is 21.2. The first kappa shape index (κ1) is 25.9. The molecule has 0 spiro atoms. The Balaban J connectivity index is 1.64. The summed E-state index contributed by atoms with van der Waals surface area (Å²) < 4.78 is 11.3. The molecule has 2 fully saturated rings. The van der Waals surface area contributed by atoms with Crippen LogP contribution in [-0.2, 0) is 14.3 Å². The largest absolute Gasteiger partial charge is 0.507 e. The number of likely N-dealkylation sites (tertiary alicyclic amines) is 1. The van der Waals surface area contributed by atoms with Crippen molar-refractivity contribution in [3.8, 4) is 5.75 Å². The third-order valence-electron chi connectivity index (χ3n) is 6.84. The topological polar surface area (TPSA) is 79.3 Å². The van der Waals surface area contributed by atoms with Crippen LogP contribution in [0.15, 0.2) is 54.1 Å². The zero-order chi connectivity index (χ0) is 25.5. The van der Waals surface area contributed by atoms with Crippen molar-refractivity contribution >= 4 is 17.4 Å². The maximum Gasteiger partial charge on any atom is 0.295 e. The third kappa shape index (κ3) is 5.97. The monoisotopic (exact) mass is 492 g/mol. The molecule has 4 rings (SSSR count). The van der Waals surface area contributed by atoms with Crippen LogP contribution in [0.2, 0.25) is 0 Å². The molecule has 1 unspecified atom stereocenters. The summed E-state index contributed by atoms with van der Waals surface area (Å²) in [6, 6.07) is 14.1. The molecule has 1 N–H and O–H groups in total. The van der Waals surface area contributed by atoms with Gasteiger partial charge in [-0.05, 0) is 31.0 Å². The summed E-state index contributed by atoms with van der Waals surface area (Å²) in [6.45, 7) is 8.69. The Morgan fingerprint density at radius 2 is 1.69 bits per heavy atom. The molecule has 2 heterocycles. The molecule has 0 saturated carbocycles. The minimum Gasteiger partial charge on any atom is -0.507 e. The number of carbonyl (C=O) groups is 2. The highest BCUT2D eigenvalue weighted by molar-refractivity contribution is 6.46. The number of unbranched alkanes of at least 4 members (excludes halogenated alkanes) is 2. The van der Waals surface area contributed by atoms with Crippen LogP contribution in [0.5, 0.6) is 5.75 Å². The van der Waals surface area contributed by atoms with Gasteiger partial charge in [-0.2, -0.15) is 0 Å². The third-order valence-corrected chi connectivity index (χ3v) is 6.84. The molecule has 2 aromatic carbocycles. The van der Waals surface area contributed by atoms with E-state index in [2.05, 4.69) is 11.8 Å². The Bertz CT molecular complexity index is 1070. The van der Waals surface area contributed by atoms with Crippen molar-refractivity contribution in [2.75, 3.05) is 46.0 Å². The summed E-state index contributed by atoms with van der Waals surface area (Å²) >= 11 is 0. The van der Waals surface area contributed by atoms with Gasteiger partial charge in [0.2, 0.25) is 0 Å². The van der Waals surface area contributed by atoms with Crippen LogP contribution in [0.4, 0.5) is 0 Å². The number of hydrogen-bond donors (Lipinski definition) is 1. The van der Waals surface area contributed by atoms with Gasteiger partial charge in [0.15, 0.2) is 0 Å². The van der Waals surface area contributed by atoms with Gasteiger partial charge >= 0.3 is 0 Å². The van der Waals surface area contributed by atoms with Crippen LogP contribution in [0.1, 0.15) is 48.9 Å². The fourth-order valence-corrected chi connectivity index (χ4v) is 4.69. The molecule has 0 aliphatic carbocycles. The maximum atomic E-state index is 13.2. The van der Waals surface area contributed by atoms with Gasteiger partial charge in [-0.1, -0.05) is 61.7 Å². The van der Waals surface area contributed by atoms with Gasteiger partial charge in [0.1, 0.15) is 11.5 Å². The summed E-state index contributed by atoms with van der Waals surface area (Å²) in [5.41, 5.74) is 2.46. The fourth-order valence-electron chi connectivity index (χ4n) is 4.69. The van der Waals surface area contributed by atoms with Crippen molar-refractivity contribution in [3.05, 3.63) is 70.8 Å². The van der Waals surface area contributed by atoms with Gasteiger partial charge in [0, 0.05) is 31.7 Å². The first-order chi connectivity index (χ1) is 17.5. The van der Waals surface area contributed by atoms with Crippen LogP contribution >= 0.6 is 0 Å². The predicted octanol–water partition coefficient (Wildman–Crippen LogP) is 4.32. The number of aryl methyl sites for hydroxylation is 1. The molecule has 1 atom stereocenters. The summed E-state index contributed by atoms with van der Waals surface area (Å²) in [5.74, 6) is -0.632. The molecule has 0 bridgehead atoms. The SMILES string of the molecule is CCCCCOc1ccc(C2/C(=C(\O)c3ccc(C)cc3)C(=O)C(=O)N2CCN2CCOCC2)cc1. The fraction of sp³-hybridized carbons (Fsp3) is 0.448. The van der Waals surface area contributed by atoms with Gasteiger partial charge in [0.05, 0.1) is 31.4 Å². The average molecular weight is 493 g/mol. The van der Waals surface area contributed by atoms with E-state index in [0.717, 1.165) is 49.2 Å². The number of aliphatic hydroxyl groups is 1. The molecule has 0 radical (unpaired) electrons. The smallest absolute Gasteiger partial charge is 0.295 e. The number of Topliss-reactive ketones (excluding diaryl/α,β-unsaturated/α-hetero) is 1. The Kier molecular flexibility index (Phi) is 8.78. The molecule has 0 aromatic heterocycles. The number of benzene rings is 2. The number of nitrogens with zero attached hydrogens (tertiary/aromatic N) is 2. The highest BCUT2D eigenvalue weighted by atomic mass is 16.5. The van der Waals surface area contributed by atoms with E-state index in [4.69, 9.17) is 9.47 Å². The number of hydrogen-bond acceptors (Lipinski definition) is 6. The maximum absolute atomic E-state index is 13.2. The normalized spacial score (nSPS) is 20.2. The van der Waals surface area contributed by atoms with E-state index in [1.807, 2.05) is 43.3 Å². The Labute approximate surface area is 213 Å². The molecule has 2 saturated heterocycles. The van der Waals surface area contributed by atoms with Crippen molar-refractivity contribution < 1.29 is 24.2 Å². The molecule has 192 valence electrons. The minimum atomic E-state index is -0.665. The van der Waals surface area contributed by atoms with E-state index < -0.39 is 17.7 Å². The molecule has 1 amide bonds. The predicted molar refractivity (Wildman–Crippen MR) is 139 cm³/mol. The van der Waals surface area contributed by atoms with Gasteiger partial charge < -0.3 is 19.5 Å². The number of ketones is 1. The number of aliphatic hydroxyl groups excluding tert-OH is 1. The molecule has 7 heteroatoms. The van der Waals surface area contributed by atoms with Crippen LogP contribution in [0.25, 0.3) is 5.76 Å². The Morgan fingerprint density at radius 1 is 1.00 bits per heavy atom. The summed E-state index contributed by atoms with van der Waals surface area (Å²) in [7, 11) is 0. The number of amides is 1. The first-order valence-corrected chi connectivity index (χ1v) is 12.9. The van der Waals surface area contributed by atoms with Gasteiger partial charge in [-0.15, -0.1) is 0 Å². The molecular weight excluding hydrogens is 456 g/mol. The Morgan fingerprint density at radius 3 is 2.36 bits per heavy atom. The molecular formula is C29H36N2O5. The van der Waals surface area contributed by atoms with Crippen LogP contribution < -0.4 is 4.74 Å². The van der Waals surface area contributed by atoms with E-state index in [0.29, 0.717) is 38.5 Å². The quantitative estimate of drug-likeness (QED) is 0.230. The van der Waals surface area contributed by atoms with E-state index in [1.54, 1.807) is 17.0 Å². The molecule has 2 aliphatic heterocycles. The van der Waals surface area contributed by atoms with Gasteiger partial charge in [0.25, 0.3) is 11.7 Å².